The van der Waals surface area contributed by atoms with Crippen LogP contribution in [0.15, 0.2) is 42.0 Å². The summed E-state index contributed by atoms with van der Waals surface area (Å²) in [6.45, 7) is 2.27. The first-order valence-electron chi connectivity index (χ1n) is 8.78. The van der Waals surface area contributed by atoms with Crippen LogP contribution >= 0.6 is 11.3 Å². The number of fused-ring (bicyclic) bond motifs is 1. The van der Waals surface area contributed by atoms with E-state index in [0.717, 1.165) is 36.5 Å². The second-order valence-corrected chi connectivity index (χ2v) is 7.66. The van der Waals surface area contributed by atoms with E-state index in [0.29, 0.717) is 6.04 Å². The molecule has 0 aromatic carbocycles. The van der Waals surface area contributed by atoms with E-state index in [-0.39, 0.29) is 0 Å². The van der Waals surface area contributed by atoms with Gasteiger partial charge in [-0.05, 0) is 49.8 Å². The maximum atomic E-state index is 4.96. The van der Waals surface area contributed by atoms with Crippen molar-refractivity contribution >= 4 is 17.2 Å². The second-order valence-electron chi connectivity index (χ2n) is 6.63. The molecule has 0 saturated carbocycles. The van der Waals surface area contributed by atoms with Crippen LogP contribution in [0.25, 0.3) is 11.4 Å². The summed E-state index contributed by atoms with van der Waals surface area (Å²) in [4.78, 5) is 17.6. The van der Waals surface area contributed by atoms with Gasteiger partial charge in [-0.25, -0.2) is 9.97 Å². The molecule has 5 heteroatoms. The fourth-order valence-electron chi connectivity index (χ4n) is 3.40. The average molecular weight is 350 g/mol. The zero-order chi connectivity index (χ0) is 17.2. The highest BCUT2D eigenvalue weighted by molar-refractivity contribution is 7.09. The third-order valence-electron chi connectivity index (χ3n) is 4.92. The quantitative estimate of drug-likeness (QED) is 0.693. The number of hydrogen-bond donors (Lipinski definition) is 0. The molecule has 0 bridgehead atoms. The number of aryl methyl sites for hydroxylation is 1. The van der Waals surface area contributed by atoms with Crippen LogP contribution in [0.4, 0.5) is 5.82 Å². The van der Waals surface area contributed by atoms with Crippen molar-refractivity contribution in [2.75, 3.05) is 11.9 Å². The number of pyridine rings is 1. The lowest BCUT2D eigenvalue weighted by Gasteiger charge is -2.28. The highest BCUT2D eigenvalue weighted by atomic mass is 32.1. The van der Waals surface area contributed by atoms with Crippen molar-refractivity contribution in [1.29, 1.82) is 0 Å². The molecule has 1 unspecified atom stereocenters. The number of rotatable bonds is 5. The van der Waals surface area contributed by atoms with Gasteiger partial charge in [-0.3, -0.25) is 4.98 Å². The zero-order valence-electron chi connectivity index (χ0n) is 14.6. The van der Waals surface area contributed by atoms with Crippen molar-refractivity contribution in [3.05, 3.63) is 58.2 Å². The van der Waals surface area contributed by atoms with Gasteiger partial charge in [0.05, 0.1) is 0 Å². The number of thiophene rings is 1. The Hall–Kier alpha value is -2.27. The Morgan fingerprint density at radius 3 is 2.76 bits per heavy atom. The fraction of sp³-hybridized carbons (Fsp3) is 0.350. The van der Waals surface area contributed by atoms with Crippen LogP contribution in [0.5, 0.6) is 0 Å². The summed E-state index contributed by atoms with van der Waals surface area (Å²) in [6.07, 6.45) is 7.94. The molecule has 0 amide bonds. The van der Waals surface area contributed by atoms with Crippen molar-refractivity contribution < 1.29 is 0 Å². The maximum Gasteiger partial charge on any atom is 0.161 e. The lowest BCUT2D eigenvalue weighted by Crippen LogP contribution is -2.32. The van der Waals surface area contributed by atoms with Crippen molar-refractivity contribution in [1.82, 2.24) is 15.0 Å². The minimum atomic E-state index is 0.392. The molecule has 0 spiro atoms. The first-order valence-corrected chi connectivity index (χ1v) is 9.65. The number of nitrogens with zero attached hydrogens (tertiary/aromatic N) is 4. The SMILES string of the molecule is CC(Cc1cccs1)N(C)c1nc(-c2ccncc2)nc2c1CCC2. The molecule has 0 N–H and O–H groups in total. The lowest BCUT2D eigenvalue weighted by molar-refractivity contribution is 0.676. The van der Waals surface area contributed by atoms with E-state index in [1.165, 1.54) is 22.6 Å². The van der Waals surface area contributed by atoms with Gasteiger partial charge >= 0.3 is 0 Å². The van der Waals surface area contributed by atoms with Crippen LogP contribution in [0.3, 0.4) is 0 Å². The van der Waals surface area contributed by atoms with Gasteiger partial charge in [-0.2, -0.15) is 0 Å². The van der Waals surface area contributed by atoms with Crippen LogP contribution in [0.2, 0.25) is 0 Å². The lowest BCUT2D eigenvalue weighted by atomic mass is 10.1. The Morgan fingerprint density at radius 2 is 2.00 bits per heavy atom. The first kappa shape index (κ1) is 16.2. The monoisotopic (exact) mass is 350 g/mol. The van der Waals surface area contributed by atoms with E-state index in [1.807, 2.05) is 23.5 Å². The van der Waals surface area contributed by atoms with Crippen molar-refractivity contribution in [3.63, 3.8) is 0 Å². The predicted octanol–water partition coefficient (Wildman–Crippen LogP) is 4.16. The van der Waals surface area contributed by atoms with E-state index < -0.39 is 0 Å². The van der Waals surface area contributed by atoms with Crippen molar-refractivity contribution in [2.24, 2.45) is 0 Å². The molecule has 0 aliphatic heterocycles. The van der Waals surface area contributed by atoms with Gasteiger partial charge in [0.25, 0.3) is 0 Å². The Balaban J connectivity index is 1.69. The Labute approximate surface area is 152 Å². The van der Waals surface area contributed by atoms with E-state index >= 15 is 0 Å². The van der Waals surface area contributed by atoms with Gasteiger partial charge in [0.1, 0.15) is 5.82 Å². The Morgan fingerprint density at radius 1 is 1.16 bits per heavy atom. The molecule has 3 heterocycles. The molecule has 0 saturated heterocycles. The largest absolute Gasteiger partial charge is 0.356 e. The summed E-state index contributed by atoms with van der Waals surface area (Å²) < 4.78 is 0. The summed E-state index contributed by atoms with van der Waals surface area (Å²) in [6, 6.07) is 8.69. The van der Waals surface area contributed by atoms with Crippen LogP contribution in [0, 0.1) is 0 Å². The van der Waals surface area contributed by atoms with Crippen LogP contribution in [-0.2, 0) is 19.3 Å². The molecular weight excluding hydrogens is 328 g/mol. The molecule has 1 aliphatic rings. The Kier molecular flexibility index (Phi) is 4.49. The molecular formula is C20H22N4S. The summed E-state index contributed by atoms with van der Waals surface area (Å²) in [5.74, 6) is 1.91. The molecule has 1 atom stereocenters. The topological polar surface area (TPSA) is 41.9 Å². The minimum Gasteiger partial charge on any atom is -0.356 e. The molecule has 4 rings (SSSR count). The van der Waals surface area contributed by atoms with E-state index in [1.54, 1.807) is 12.4 Å². The Bertz CT molecular complexity index is 846. The molecule has 25 heavy (non-hydrogen) atoms. The number of hydrogen-bond acceptors (Lipinski definition) is 5. The minimum absolute atomic E-state index is 0.392. The number of anilines is 1. The van der Waals surface area contributed by atoms with E-state index in [2.05, 4.69) is 41.4 Å². The summed E-state index contributed by atoms with van der Waals surface area (Å²) in [5, 5.41) is 2.14. The smallest absolute Gasteiger partial charge is 0.161 e. The molecule has 3 aromatic rings. The highest BCUT2D eigenvalue weighted by Crippen LogP contribution is 2.32. The molecule has 0 fully saturated rings. The van der Waals surface area contributed by atoms with E-state index in [4.69, 9.17) is 9.97 Å². The normalized spacial score (nSPS) is 14.3. The molecule has 128 valence electrons. The summed E-state index contributed by atoms with van der Waals surface area (Å²) >= 11 is 1.82. The van der Waals surface area contributed by atoms with Gasteiger partial charge in [0.2, 0.25) is 0 Å². The standard InChI is InChI=1S/C20H22N4S/c1-14(13-16-5-4-12-25-16)24(2)20-17-6-3-7-18(17)22-19(23-20)15-8-10-21-11-9-15/h4-5,8-12,14H,3,6-7,13H2,1-2H3. The molecule has 1 aliphatic carbocycles. The third-order valence-corrected chi connectivity index (χ3v) is 5.82. The van der Waals surface area contributed by atoms with Crippen molar-refractivity contribution in [3.8, 4) is 11.4 Å². The van der Waals surface area contributed by atoms with E-state index in [9.17, 15) is 0 Å². The van der Waals surface area contributed by atoms with Gasteiger partial charge in [0.15, 0.2) is 5.82 Å². The second kappa shape index (κ2) is 6.92. The zero-order valence-corrected chi connectivity index (χ0v) is 15.5. The van der Waals surface area contributed by atoms with Gasteiger partial charge in [-0.1, -0.05) is 6.07 Å². The third kappa shape index (κ3) is 3.29. The van der Waals surface area contributed by atoms with Gasteiger partial charge < -0.3 is 4.90 Å². The van der Waals surface area contributed by atoms with Gasteiger partial charge in [0, 0.05) is 53.6 Å². The predicted molar refractivity (Wildman–Crippen MR) is 103 cm³/mol. The first-order chi connectivity index (χ1) is 12.2. The maximum absolute atomic E-state index is 4.96. The summed E-state index contributed by atoms with van der Waals surface area (Å²) in [7, 11) is 2.16. The highest BCUT2D eigenvalue weighted by Gasteiger charge is 2.24. The van der Waals surface area contributed by atoms with Crippen LogP contribution in [0.1, 0.15) is 29.5 Å². The van der Waals surface area contributed by atoms with Crippen LogP contribution in [-0.4, -0.2) is 28.0 Å². The molecule has 3 aromatic heterocycles. The van der Waals surface area contributed by atoms with Crippen molar-refractivity contribution in [2.45, 2.75) is 38.6 Å². The number of likely N-dealkylation sites (N-methyl/N-ethyl adjacent to an activating group) is 1. The van der Waals surface area contributed by atoms with Gasteiger partial charge in [-0.15, -0.1) is 11.3 Å². The molecule has 4 nitrogen and oxygen atoms in total. The molecule has 0 radical (unpaired) electrons. The number of aromatic nitrogens is 3. The fourth-order valence-corrected chi connectivity index (χ4v) is 4.23. The van der Waals surface area contributed by atoms with Crippen LogP contribution < -0.4 is 4.90 Å². The summed E-state index contributed by atoms with van der Waals surface area (Å²) in [5.41, 5.74) is 3.58. The average Bonchev–Trinajstić information content (AvgIpc) is 3.32.